The fourth-order valence-corrected chi connectivity index (χ4v) is 6.27. The molecular formula is C20H25NO2. The third kappa shape index (κ3) is 1.44. The van der Waals surface area contributed by atoms with Gasteiger partial charge in [0, 0.05) is 18.4 Å². The molecule has 6 rings (SSSR count). The molecule has 1 aromatic rings. The van der Waals surface area contributed by atoms with Crippen molar-refractivity contribution in [3.63, 3.8) is 0 Å². The maximum atomic E-state index is 12.8. The lowest BCUT2D eigenvalue weighted by atomic mass is 9.43. The van der Waals surface area contributed by atoms with Crippen molar-refractivity contribution in [3.8, 4) is 0 Å². The second-order valence-corrected chi connectivity index (χ2v) is 8.76. The van der Waals surface area contributed by atoms with Crippen LogP contribution in [0.2, 0.25) is 0 Å². The summed E-state index contributed by atoms with van der Waals surface area (Å²) in [5.41, 5.74) is 0.762. The Hall–Kier alpha value is -1.35. The molecule has 3 heteroatoms. The van der Waals surface area contributed by atoms with Gasteiger partial charge in [-0.1, -0.05) is 44.2 Å². The molecule has 2 bridgehead atoms. The maximum absolute atomic E-state index is 12.8. The number of amides is 1. The average Bonchev–Trinajstić information content (AvgIpc) is 2.99. The predicted molar refractivity (Wildman–Crippen MR) is 87.5 cm³/mol. The minimum atomic E-state index is -0.522. The van der Waals surface area contributed by atoms with Gasteiger partial charge in [0.15, 0.2) is 5.72 Å². The van der Waals surface area contributed by atoms with Crippen LogP contribution in [-0.2, 0) is 15.3 Å². The molecule has 0 spiro atoms. The Balaban J connectivity index is 1.65. The summed E-state index contributed by atoms with van der Waals surface area (Å²) in [6, 6.07) is 10.6. The summed E-state index contributed by atoms with van der Waals surface area (Å²) in [7, 11) is 0. The van der Waals surface area contributed by atoms with Crippen molar-refractivity contribution in [1.82, 2.24) is 4.90 Å². The number of carbonyl (C=O) groups is 1. The Morgan fingerprint density at radius 2 is 1.87 bits per heavy atom. The Labute approximate surface area is 138 Å². The molecule has 5 aliphatic rings. The maximum Gasteiger partial charge on any atom is 0.225 e. The molecule has 1 aromatic carbocycles. The van der Waals surface area contributed by atoms with Crippen molar-refractivity contribution >= 4 is 5.91 Å². The highest BCUT2D eigenvalue weighted by molar-refractivity contribution is 5.81. The van der Waals surface area contributed by atoms with Gasteiger partial charge in [-0.25, -0.2) is 0 Å². The summed E-state index contributed by atoms with van der Waals surface area (Å²) in [5, 5.41) is 0. The molecule has 1 amide bonds. The lowest BCUT2D eigenvalue weighted by Crippen LogP contribution is -2.67. The third-order valence-corrected chi connectivity index (χ3v) is 7.59. The van der Waals surface area contributed by atoms with Gasteiger partial charge in [0.25, 0.3) is 0 Å². The lowest BCUT2D eigenvalue weighted by molar-refractivity contribution is -0.228. The van der Waals surface area contributed by atoms with E-state index in [1.165, 1.54) is 6.42 Å². The third-order valence-electron chi connectivity index (χ3n) is 7.59. The summed E-state index contributed by atoms with van der Waals surface area (Å²) in [6.45, 7) is 7.05. The van der Waals surface area contributed by atoms with Gasteiger partial charge in [-0.05, 0) is 37.0 Å². The number of hydrogen-bond acceptors (Lipinski definition) is 2. The number of fused-ring (bicyclic) bond motifs is 1. The van der Waals surface area contributed by atoms with Crippen LogP contribution >= 0.6 is 0 Å². The van der Waals surface area contributed by atoms with Crippen molar-refractivity contribution in [2.24, 2.45) is 17.3 Å². The normalized spacial score (nSPS) is 46.3. The second-order valence-electron chi connectivity index (χ2n) is 8.76. The van der Waals surface area contributed by atoms with Gasteiger partial charge in [-0.15, -0.1) is 0 Å². The van der Waals surface area contributed by atoms with Crippen LogP contribution < -0.4 is 0 Å². The SMILES string of the molecule is CC1(C)[C@H]2C[C@@H]3N4C(=O)CC[C@@]4(c4ccccc4)O[C@]3(C)[C@@H]1C2. The van der Waals surface area contributed by atoms with Crippen LogP contribution in [0.3, 0.4) is 0 Å². The lowest BCUT2D eigenvalue weighted by Gasteiger charge is -2.64. The second kappa shape index (κ2) is 4.00. The first-order chi connectivity index (χ1) is 10.9. The number of nitrogens with zero attached hydrogens (tertiary/aromatic N) is 1. The quantitative estimate of drug-likeness (QED) is 0.792. The summed E-state index contributed by atoms with van der Waals surface area (Å²) in [4.78, 5) is 14.9. The van der Waals surface area contributed by atoms with Crippen LogP contribution in [0.25, 0.3) is 0 Å². The highest BCUT2D eigenvalue weighted by atomic mass is 16.6. The minimum absolute atomic E-state index is 0.204. The smallest absolute Gasteiger partial charge is 0.225 e. The monoisotopic (exact) mass is 311 g/mol. The molecule has 2 heterocycles. The highest BCUT2D eigenvalue weighted by Gasteiger charge is 2.73. The zero-order valence-electron chi connectivity index (χ0n) is 14.2. The molecule has 0 N–H and O–H groups in total. The van der Waals surface area contributed by atoms with E-state index >= 15 is 0 Å². The Morgan fingerprint density at radius 1 is 1.13 bits per heavy atom. The van der Waals surface area contributed by atoms with Crippen LogP contribution in [0.5, 0.6) is 0 Å². The average molecular weight is 311 g/mol. The van der Waals surface area contributed by atoms with Gasteiger partial charge >= 0.3 is 0 Å². The molecule has 3 saturated carbocycles. The molecule has 2 aliphatic heterocycles. The molecule has 122 valence electrons. The van der Waals surface area contributed by atoms with Crippen LogP contribution in [0, 0.1) is 17.3 Å². The highest BCUT2D eigenvalue weighted by Crippen LogP contribution is 2.69. The number of carbonyl (C=O) groups excluding carboxylic acids is 1. The van der Waals surface area contributed by atoms with E-state index in [1.54, 1.807) is 0 Å². The fourth-order valence-electron chi connectivity index (χ4n) is 6.27. The fraction of sp³-hybridized carbons (Fsp3) is 0.650. The van der Waals surface area contributed by atoms with E-state index in [0.29, 0.717) is 17.8 Å². The Kier molecular flexibility index (Phi) is 2.44. The van der Waals surface area contributed by atoms with E-state index < -0.39 is 5.72 Å². The van der Waals surface area contributed by atoms with Crippen molar-refractivity contribution < 1.29 is 9.53 Å². The van der Waals surface area contributed by atoms with Crippen molar-refractivity contribution in [2.75, 3.05) is 0 Å². The van der Waals surface area contributed by atoms with E-state index in [1.807, 2.05) is 6.07 Å². The van der Waals surface area contributed by atoms with Gasteiger partial charge in [-0.3, -0.25) is 4.79 Å². The molecule has 2 saturated heterocycles. The standard InChI is InChI=1S/C20H25NO2/c1-18(2)14-11-15(18)19(3)16(12-14)21-17(22)9-10-20(21,23-19)13-7-5-4-6-8-13/h4-8,14-16H,9-12H2,1-3H3/t14-,15-,16+,19-,20+/m1/s1. The van der Waals surface area contributed by atoms with Crippen LogP contribution in [-0.4, -0.2) is 22.4 Å². The molecule has 0 aromatic heterocycles. The van der Waals surface area contributed by atoms with Crippen molar-refractivity contribution in [2.45, 2.75) is 63.8 Å². The number of benzene rings is 1. The summed E-state index contributed by atoms with van der Waals surface area (Å²) < 4.78 is 6.91. The number of ether oxygens (including phenoxy) is 1. The molecule has 0 unspecified atom stereocenters. The van der Waals surface area contributed by atoms with E-state index in [-0.39, 0.29) is 17.6 Å². The van der Waals surface area contributed by atoms with E-state index in [4.69, 9.17) is 4.74 Å². The van der Waals surface area contributed by atoms with Crippen molar-refractivity contribution in [3.05, 3.63) is 35.9 Å². The molecule has 23 heavy (non-hydrogen) atoms. The van der Waals surface area contributed by atoms with Gasteiger partial charge in [0.1, 0.15) is 0 Å². The molecule has 3 nitrogen and oxygen atoms in total. The van der Waals surface area contributed by atoms with Gasteiger partial charge in [0.2, 0.25) is 5.91 Å². The summed E-state index contributed by atoms with van der Waals surface area (Å²) >= 11 is 0. The summed E-state index contributed by atoms with van der Waals surface area (Å²) in [5.74, 6) is 1.56. The molecule has 0 radical (unpaired) electrons. The number of rotatable bonds is 1. The van der Waals surface area contributed by atoms with Crippen LogP contribution in [0.1, 0.15) is 52.0 Å². The first-order valence-corrected chi connectivity index (χ1v) is 8.97. The van der Waals surface area contributed by atoms with Gasteiger partial charge < -0.3 is 9.64 Å². The van der Waals surface area contributed by atoms with Gasteiger partial charge in [-0.2, -0.15) is 0 Å². The predicted octanol–water partition coefficient (Wildman–Crippen LogP) is 3.69. The Morgan fingerprint density at radius 3 is 2.57 bits per heavy atom. The Bertz CT molecular complexity index is 684. The molecular weight excluding hydrogens is 286 g/mol. The molecule has 5 atom stereocenters. The summed E-state index contributed by atoms with van der Waals surface area (Å²) in [6.07, 6.45) is 3.76. The zero-order chi connectivity index (χ0) is 16.0. The largest absolute Gasteiger partial charge is 0.343 e. The van der Waals surface area contributed by atoms with E-state index in [2.05, 4.69) is 49.9 Å². The van der Waals surface area contributed by atoms with Gasteiger partial charge in [0.05, 0.1) is 11.6 Å². The first kappa shape index (κ1) is 14.0. The van der Waals surface area contributed by atoms with Crippen LogP contribution in [0.15, 0.2) is 30.3 Å². The molecule has 5 fully saturated rings. The molecule has 3 aliphatic carbocycles. The first-order valence-electron chi connectivity index (χ1n) is 8.97. The van der Waals surface area contributed by atoms with Crippen molar-refractivity contribution in [1.29, 1.82) is 0 Å². The minimum Gasteiger partial charge on any atom is -0.343 e. The topological polar surface area (TPSA) is 29.5 Å². The van der Waals surface area contributed by atoms with E-state index in [0.717, 1.165) is 24.3 Å². The van der Waals surface area contributed by atoms with Crippen LogP contribution in [0.4, 0.5) is 0 Å². The zero-order valence-corrected chi connectivity index (χ0v) is 14.2. The van der Waals surface area contributed by atoms with E-state index in [9.17, 15) is 4.79 Å². The number of hydrogen-bond donors (Lipinski definition) is 0.